The molecule has 0 bridgehead atoms. The molecule has 2 aromatic rings. The van der Waals surface area contributed by atoms with E-state index in [0.29, 0.717) is 21.2 Å². The number of ether oxygens (including phenoxy) is 4. The van der Waals surface area contributed by atoms with Crippen molar-refractivity contribution in [2.24, 2.45) is 0 Å². The third kappa shape index (κ3) is 14.5. The average molecular weight is 654 g/mol. The van der Waals surface area contributed by atoms with E-state index in [1.807, 2.05) is 13.8 Å². The summed E-state index contributed by atoms with van der Waals surface area (Å²) in [6, 6.07) is 10.3. The number of hydrogen-bond donors (Lipinski definition) is 1. The first-order valence-corrected chi connectivity index (χ1v) is 14.0. The van der Waals surface area contributed by atoms with E-state index >= 15 is 0 Å². The fourth-order valence-corrected chi connectivity index (χ4v) is 3.51. The second-order valence-electron chi connectivity index (χ2n) is 8.99. The molecule has 0 aliphatic rings. The highest BCUT2D eigenvalue weighted by Gasteiger charge is 2.25. The molecular weight excluding hydrogens is 615 g/mol. The zero-order chi connectivity index (χ0) is 34.1. The highest BCUT2D eigenvalue weighted by atomic mass is 35.5. The maximum absolute atomic E-state index is 11.7. The van der Waals surface area contributed by atoms with E-state index < -0.39 is 42.1 Å². The van der Waals surface area contributed by atoms with Gasteiger partial charge in [-0.2, -0.15) is 0 Å². The first-order valence-electron chi connectivity index (χ1n) is 13.2. The fraction of sp³-hybridized carbons (Fsp3) is 0.344. The molecule has 2 rings (SSSR count). The Morgan fingerprint density at radius 1 is 0.727 bits per heavy atom. The number of aryl methyl sites for hydroxylation is 2. The molecule has 0 saturated carbocycles. The van der Waals surface area contributed by atoms with Crippen LogP contribution in [0.1, 0.15) is 69.1 Å². The molecule has 2 aromatic carbocycles. The van der Waals surface area contributed by atoms with Crippen LogP contribution in [0.3, 0.4) is 0 Å². The van der Waals surface area contributed by atoms with Crippen molar-refractivity contribution in [1.29, 1.82) is 0 Å². The van der Waals surface area contributed by atoms with Crippen LogP contribution in [-0.2, 0) is 42.9 Å². The molecule has 240 valence electrons. The lowest BCUT2D eigenvalue weighted by Gasteiger charge is -2.19. The molecule has 1 N–H and O–H groups in total. The Labute approximate surface area is 267 Å². The Bertz CT molecular complexity index is 1350. The molecule has 0 fully saturated rings. The lowest BCUT2D eigenvalue weighted by atomic mass is 10.0. The second-order valence-corrected chi connectivity index (χ2v) is 9.80. The number of benzene rings is 2. The molecule has 0 spiro atoms. The van der Waals surface area contributed by atoms with Crippen LogP contribution in [0.4, 0.5) is 0 Å². The highest BCUT2D eigenvalue weighted by Crippen LogP contribution is 2.29. The monoisotopic (exact) mass is 652 g/mol. The van der Waals surface area contributed by atoms with Crippen LogP contribution in [0.5, 0.6) is 0 Å². The van der Waals surface area contributed by atoms with Gasteiger partial charge in [-0.3, -0.25) is 14.4 Å². The van der Waals surface area contributed by atoms with Crippen LogP contribution >= 0.6 is 23.2 Å². The van der Waals surface area contributed by atoms with Crippen LogP contribution in [0, 0.1) is 13.8 Å². The smallest absolute Gasteiger partial charge is 0.337 e. The predicted molar refractivity (Wildman–Crippen MR) is 166 cm³/mol. The van der Waals surface area contributed by atoms with Crippen molar-refractivity contribution in [3.63, 3.8) is 0 Å². The Kier molecular flexibility index (Phi) is 18.2. The third-order valence-corrected chi connectivity index (χ3v) is 6.12. The molecule has 0 heterocycles. The fourth-order valence-electron chi connectivity index (χ4n) is 3.13. The van der Waals surface area contributed by atoms with Gasteiger partial charge in [0.25, 0.3) is 0 Å². The van der Waals surface area contributed by atoms with E-state index in [-0.39, 0.29) is 24.4 Å². The zero-order valence-electron chi connectivity index (χ0n) is 25.8. The van der Waals surface area contributed by atoms with E-state index in [4.69, 9.17) is 37.4 Å². The molecule has 2 unspecified atom stereocenters. The van der Waals surface area contributed by atoms with Gasteiger partial charge in [0, 0.05) is 30.8 Å². The summed E-state index contributed by atoms with van der Waals surface area (Å²) in [6.45, 7) is 18.4. The van der Waals surface area contributed by atoms with E-state index in [1.54, 1.807) is 50.2 Å². The van der Waals surface area contributed by atoms with Gasteiger partial charge in [0.2, 0.25) is 0 Å². The lowest BCUT2D eigenvalue weighted by Crippen LogP contribution is -2.18. The summed E-state index contributed by atoms with van der Waals surface area (Å²) in [4.78, 5) is 54.0. The van der Waals surface area contributed by atoms with Crippen molar-refractivity contribution in [2.45, 2.75) is 60.7 Å². The molecule has 44 heavy (non-hydrogen) atoms. The van der Waals surface area contributed by atoms with Crippen molar-refractivity contribution in [3.05, 3.63) is 93.0 Å². The number of rotatable bonds is 9. The minimum Gasteiger partial charge on any atom is -0.463 e. The summed E-state index contributed by atoms with van der Waals surface area (Å²) in [5.41, 5.74) is 2.96. The van der Waals surface area contributed by atoms with Crippen molar-refractivity contribution < 1.29 is 48.0 Å². The summed E-state index contributed by atoms with van der Waals surface area (Å²) in [5.74, 6) is -2.84. The maximum atomic E-state index is 11.7. The summed E-state index contributed by atoms with van der Waals surface area (Å²) >= 11 is 12.0. The van der Waals surface area contributed by atoms with Crippen LogP contribution in [0.15, 0.2) is 60.7 Å². The van der Waals surface area contributed by atoms with Gasteiger partial charge < -0.3 is 24.1 Å². The molecule has 0 aromatic heterocycles. The summed E-state index contributed by atoms with van der Waals surface area (Å²) in [6.07, 6.45) is -1.99. The Morgan fingerprint density at radius 3 is 1.50 bits per heavy atom. The molecule has 2 atom stereocenters. The number of aliphatic hydroxyl groups excluding tert-OH is 1. The Hall–Kier alpha value is -3.99. The van der Waals surface area contributed by atoms with Crippen LogP contribution < -0.4 is 0 Å². The van der Waals surface area contributed by atoms with Gasteiger partial charge in [-0.25, -0.2) is 9.59 Å². The number of carbonyl (C=O) groups is 5. The van der Waals surface area contributed by atoms with Crippen LogP contribution in [0.25, 0.3) is 0 Å². The molecule has 0 amide bonds. The number of esters is 5. The molecular formula is C32H38Cl2O10. The van der Waals surface area contributed by atoms with Gasteiger partial charge >= 0.3 is 29.8 Å². The highest BCUT2D eigenvalue weighted by molar-refractivity contribution is 6.31. The molecule has 10 nitrogen and oxygen atoms in total. The number of hydrogen-bond acceptors (Lipinski definition) is 10. The molecule has 0 saturated heterocycles. The summed E-state index contributed by atoms with van der Waals surface area (Å²) in [5, 5.41) is 11.0. The first kappa shape index (κ1) is 40.0. The van der Waals surface area contributed by atoms with Gasteiger partial charge in [-0.05, 0) is 62.1 Å². The standard InChI is InChI=1S/C15H17ClO4.C13H15ClO3.C4H6O3/c1-5-19-15(18)10(3)14(20-11(4)17)12-7-6-9(2)13(16)8-12;1-4-17-13(16)9(3)12(15)10-6-5-8(2)11(14)7-10;1-3(5)7-4(2)6/h6-8,14H,3,5H2,1-2,4H3;5-7,12,15H,3-4H2,1-2H3;1-2H3. The molecule has 0 aliphatic heterocycles. The van der Waals surface area contributed by atoms with E-state index in [0.717, 1.165) is 11.1 Å². The first-order chi connectivity index (χ1) is 20.5. The van der Waals surface area contributed by atoms with E-state index in [1.165, 1.54) is 20.8 Å². The molecule has 0 radical (unpaired) electrons. The minimum absolute atomic E-state index is 0.00627. The number of carbonyl (C=O) groups excluding carboxylic acids is 5. The topological polar surface area (TPSA) is 142 Å². The maximum Gasteiger partial charge on any atom is 0.337 e. The largest absolute Gasteiger partial charge is 0.463 e. The second kappa shape index (κ2) is 20.1. The predicted octanol–water partition coefficient (Wildman–Crippen LogP) is 6.27. The number of aliphatic hydroxyl groups is 1. The normalized spacial score (nSPS) is 11.1. The van der Waals surface area contributed by atoms with Gasteiger partial charge in [0.15, 0.2) is 6.10 Å². The quantitative estimate of drug-likeness (QED) is 0.142. The summed E-state index contributed by atoms with van der Waals surface area (Å²) < 4.78 is 18.8. The van der Waals surface area contributed by atoms with Gasteiger partial charge in [0.05, 0.1) is 24.4 Å². The van der Waals surface area contributed by atoms with E-state index in [9.17, 15) is 29.1 Å². The number of halogens is 2. The molecule has 0 aliphatic carbocycles. The van der Waals surface area contributed by atoms with E-state index in [2.05, 4.69) is 17.9 Å². The lowest BCUT2D eigenvalue weighted by molar-refractivity contribution is -0.156. The van der Waals surface area contributed by atoms with Gasteiger partial charge in [0.1, 0.15) is 6.10 Å². The van der Waals surface area contributed by atoms with Crippen LogP contribution in [-0.4, -0.2) is 48.2 Å². The van der Waals surface area contributed by atoms with Crippen molar-refractivity contribution >= 4 is 53.0 Å². The SMILES string of the molecule is C=C(C(=O)OCC)C(O)c1ccc(C)c(Cl)c1.C=C(C(=O)OCC)C(OC(C)=O)c1ccc(C)c(Cl)c1.CC(=O)OC(C)=O. The molecule has 12 heteroatoms. The van der Waals surface area contributed by atoms with Crippen LogP contribution in [0.2, 0.25) is 10.0 Å². The average Bonchev–Trinajstić information content (AvgIpc) is 2.93. The van der Waals surface area contributed by atoms with Crippen molar-refractivity contribution in [2.75, 3.05) is 13.2 Å². The van der Waals surface area contributed by atoms with Crippen molar-refractivity contribution in [3.8, 4) is 0 Å². The third-order valence-electron chi connectivity index (χ3n) is 5.30. The zero-order valence-corrected chi connectivity index (χ0v) is 27.3. The Balaban J connectivity index is 0.000000699. The van der Waals surface area contributed by atoms with Gasteiger partial charge in [-0.1, -0.05) is 60.6 Å². The minimum atomic E-state index is -1.09. The summed E-state index contributed by atoms with van der Waals surface area (Å²) in [7, 11) is 0. The Morgan fingerprint density at radius 2 is 1.14 bits per heavy atom. The van der Waals surface area contributed by atoms with Gasteiger partial charge in [-0.15, -0.1) is 0 Å². The van der Waals surface area contributed by atoms with Crippen molar-refractivity contribution in [1.82, 2.24) is 0 Å².